The van der Waals surface area contributed by atoms with Crippen LogP contribution in [0.1, 0.15) is 11.4 Å². The molecule has 1 saturated heterocycles. The van der Waals surface area contributed by atoms with Gasteiger partial charge in [-0.1, -0.05) is 42.5 Å². The Labute approximate surface area is 217 Å². The summed E-state index contributed by atoms with van der Waals surface area (Å²) in [5.41, 5.74) is 4.14. The number of nitrogens with one attached hydrogen (secondary N) is 1. The number of anilines is 1. The third-order valence-corrected chi connectivity index (χ3v) is 6.78. The number of piperazine rings is 1. The van der Waals surface area contributed by atoms with Gasteiger partial charge in [-0.2, -0.15) is 0 Å². The number of imidazole rings is 1. The Morgan fingerprint density at radius 3 is 2.30 bits per heavy atom. The molecule has 1 amide bonds. The maximum atomic E-state index is 12.7. The second kappa shape index (κ2) is 11.5. The lowest BCUT2D eigenvalue weighted by Crippen LogP contribution is -2.48. The van der Waals surface area contributed by atoms with E-state index < -0.39 is 0 Å². The Morgan fingerprint density at radius 2 is 1.54 bits per heavy atom. The second-order valence-corrected chi connectivity index (χ2v) is 9.26. The number of fused-ring (bicyclic) bond motifs is 1. The number of rotatable bonds is 9. The van der Waals surface area contributed by atoms with Crippen LogP contribution < -0.4 is 14.8 Å². The van der Waals surface area contributed by atoms with Gasteiger partial charge in [-0.3, -0.25) is 14.6 Å². The minimum absolute atomic E-state index is 0.0367. The van der Waals surface area contributed by atoms with E-state index in [0.29, 0.717) is 23.7 Å². The highest BCUT2D eigenvalue weighted by Crippen LogP contribution is 2.29. The van der Waals surface area contributed by atoms with Gasteiger partial charge < -0.3 is 19.4 Å². The molecule has 3 aromatic carbocycles. The molecule has 5 rings (SSSR count). The predicted molar refractivity (Wildman–Crippen MR) is 145 cm³/mol. The first-order valence-corrected chi connectivity index (χ1v) is 12.6. The van der Waals surface area contributed by atoms with Crippen LogP contribution in [0.4, 0.5) is 5.69 Å². The lowest BCUT2D eigenvalue weighted by atomic mass is 10.2. The molecule has 0 atom stereocenters. The molecule has 37 heavy (non-hydrogen) atoms. The smallest absolute Gasteiger partial charge is 0.238 e. The number of methoxy groups -OCH3 is 2. The third kappa shape index (κ3) is 5.93. The zero-order valence-electron chi connectivity index (χ0n) is 21.4. The van der Waals surface area contributed by atoms with Crippen LogP contribution in [-0.4, -0.2) is 72.2 Å². The number of aromatic nitrogens is 2. The maximum absolute atomic E-state index is 12.7. The Bertz CT molecular complexity index is 1350. The molecular formula is C29H33N5O3. The maximum Gasteiger partial charge on any atom is 0.238 e. The summed E-state index contributed by atoms with van der Waals surface area (Å²) in [5.74, 6) is 2.26. The first kappa shape index (κ1) is 24.8. The van der Waals surface area contributed by atoms with Crippen molar-refractivity contribution in [1.82, 2.24) is 19.4 Å². The molecule has 0 unspecified atom stereocenters. The molecule has 1 fully saturated rings. The van der Waals surface area contributed by atoms with Crippen molar-refractivity contribution in [1.29, 1.82) is 0 Å². The van der Waals surface area contributed by atoms with Gasteiger partial charge in [0.15, 0.2) is 11.5 Å². The molecule has 1 aromatic heterocycles. The highest BCUT2D eigenvalue weighted by Gasteiger charge is 2.21. The summed E-state index contributed by atoms with van der Waals surface area (Å²) >= 11 is 0. The van der Waals surface area contributed by atoms with E-state index in [1.54, 1.807) is 26.4 Å². The van der Waals surface area contributed by atoms with Gasteiger partial charge in [0.2, 0.25) is 5.91 Å². The zero-order chi connectivity index (χ0) is 25.6. The van der Waals surface area contributed by atoms with Crippen molar-refractivity contribution < 1.29 is 14.3 Å². The van der Waals surface area contributed by atoms with Crippen molar-refractivity contribution in [3.63, 3.8) is 0 Å². The number of nitrogens with zero attached hydrogens (tertiary/aromatic N) is 4. The largest absolute Gasteiger partial charge is 0.493 e. The number of ether oxygens (including phenoxy) is 2. The summed E-state index contributed by atoms with van der Waals surface area (Å²) in [6, 6.07) is 24.2. The van der Waals surface area contributed by atoms with Gasteiger partial charge >= 0.3 is 0 Å². The minimum Gasteiger partial charge on any atom is -0.493 e. The van der Waals surface area contributed by atoms with E-state index in [1.165, 1.54) is 5.56 Å². The Kier molecular flexibility index (Phi) is 7.67. The molecule has 4 aromatic rings. The summed E-state index contributed by atoms with van der Waals surface area (Å²) in [6.45, 7) is 5.38. The van der Waals surface area contributed by atoms with E-state index in [2.05, 4.69) is 62.1 Å². The fourth-order valence-corrected chi connectivity index (χ4v) is 4.81. The minimum atomic E-state index is -0.0367. The lowest BCUT2D eigenvalue weighted by Gasteiger charge is -2.34. The van der Waals surface area contributed by atoms with Crippen molar-refractivity contribution in [2.45, 2.75) is 13.1 Å². The standard InChI is InChI=1S/C29H33N5O3/c1-36-26-13-12-23(18-27(26)37-2)30-29(35)21-33-16-14-32(15-17-33)20-28-31-24-10-6-7-11-25(24)34(28)19-22-8-4-3-5-9-22/h3-13,18H,14-17,19-21H2,1-2H3,(H,30,35). The molecule has 1 N–H and O–H groups in total. The van der Waals surface area contributed by atoms with Gasteiger partial charge in [-0.05, 0) is 29.8 Å². The van der Waals surface area contributed by atoms with Crippen molar-refractivity contribution in [2.75, 3.05) is 52.3 Å². The Hall–Kier alpha value is -3.88. The first-order valence-electron chi connectivity index (χ1n) is 12.6. The zero-order valence-corrected chi connectivity index (χ0v) is 21.4. The van der Waals surface area contributed by atoms with Gasteiger partial charge in [-0.15, -0.1) is 0 Å². The van der Waals surface area contributed by atoms with Crippen LogP contribution >= 0.6 is 0 Å². The Balaban J connectivity index is 1.18. The van der Waals surface area contributed by atoms with Crippen LogP contribution in [0.25, 0.3) is 11.0 Å². The van der Waals surface area contributed by atoms with Gasteiger partial charge in [0.1, 0.15) is 5.82 Å². The van der Waals surface area contributed by atoms with E-state index in [9.17, 15) is 4.79 Å². The molecular weight excluding hydrogens is 466 g/mol. The molecule has 192 valence electrons. The van der Waals surface area contributed by atoms with Crippen LogP contribution in [0.15, 0.2) is 72.8 Å². The fraction of sp³-hybridized carbons (Fsp3) is 0.310. The van der Waals surface area contributed by atoms with Crippen molar-refractivity contribution in [3.05, 3.63) is 84.2 Å². The summed E-state index contributed by atoms with van der Waals surface area (Å²) < 4.78 is 12.9. The molecule has 8 nitrogen and oxygen atoms in total. The van der Waals surface area contributed by atoms with Crippen LogP contribution in [-0.2, 0) is 17.9 Å². The average molecular weight is 500 g/mol. The predicted octanol–water partition coefficient (Wildman–Crippen LogP) is 3.86. The van der Waals surface area contributed by atoms with Gasteiger partial charge in [0.25, 0.3) is 0 Å². The number of carbonyl (C=O) groups is 1. The third-order valence-electron chi connectivity index (χ3n) is 6.78. The fourth-order valence-electron chi connectivity index (χ4n) is 4.81. The molecule has 0 radical (unpaired) electrons. The molecule has 0 spiro atoms. The second-order valence-electron chi connectivity index (χ2n) is 9.26. The van der Waals surface area contributed by atoms with Gasteiger partial charge in [0, 0.05) is 44.5 Å². The molecule has 0 saturated carbocycles. The van der Waals surface area contributed by atoms with Crippen molar-refractivity contribution in [3.8, 4) is 11.5 Å². The normalized spacial score (nSPS) is 14.5. The van der Waals surface area contributed by atoms with Gasteiger partial charge in [-0.25, -0.2) is 4.98 Å². The number of amides is 1. The monoisotopic (exact) mass is 499 g/mol. The first-order chi connectivity index (χ1) is 18.1. The summed E-state index contributed by atoms with van der Waals surface area (Å²) in [4.78, 5) is 22.3. The van der Waals surface area contributed by atoms with E-state index in [1.807, 2.05) is 18.2 Å². The summed E-state index contributed by atoms with van der Waals surface area (Å²) in [6.07, 6.45) is 0. The van der Waals surface area contributed by atoms with Crippen molar-refractivity contribution in [2.24, 2.45) is 0 Å². The van der Waals surface area contributed by atoms with Crippen LogP contribution in [0, 0.1) is 0 Å². The molecule has 0 aliphatic carbocycles. The van der Waals surface area contributed by atoms with E-state index >= 15 is 0 Å². The van der Waals surface area contributed by atoms with E-state index in [4.69, 9.17) is 14.5 Å². The van der Waals surface area contributed by atoms with Crippen LogP contribution in [0.2, 0.25) is 0 Å². The van der Waals surface area contributed by atoms with Crippen LogP contribution in [0.3, 0.4) is 0 Å². The SMILES string of the molecule is COc1ccc(NC(=O)CN2CCN(Cc3nc4ccccc4n3Cc3ccccc3)CC2)cc1OC. The molecule has 2 heterocycles. The Morgan fingerprint density at radius 1 is 0.838 bits per heavy atom. The van der Waals surface area contributed by atoms with E-state index in [-0.39, 0.29) is 5.91 Å². The number of para-hydroxylation sites is 2. The van der Waals surface area contributed by atoms with Gasteiger partial charge in [0.05, 0.1) is 38.3 Å². The summed E-state index contributed by atoms with van der Waals surface area (Å²) in [5, 5.41) is 2.97. The lowest BCUT2D eigenvalue weighted by molar-refractivity contribution is -0.117. The molecule has 0 bridgehead atoms. The number of hydrogen-bond acceptors (Lipinski definition) is 6. The van der Waals surface area contributed by atoms with E-state index in [0.717, 1.165) is 56.1 Å². The topological polar surface area (TPSA) is 71.9 Å². The highest BCUT2D eigenvalue weighted by molar-refractivity contribution is 5.92. The van der Waals surface area contributed by atoms with Crippen LogP contribution in [0.5, 0.6) is 11.5 Å². The summed E-state index contributed by atoms with van der Waals surface area (Å²) in [7, 11) is 3.17. The van der Waals surface area contributed by atoms with Crippen molar-refractivity contribution >= 4 is 22.6 Å². The number of benzene rings is 3. The number of carbonyl (C=O) groups excluding carboxylic acids is 1. The number of hydrogen-bond donors (Lipinski definition) is 1. The average Bonchev–Trinajstić information content (AvgIpc) is 3.26. The molecule has 1 aliphatic rings. The molecule has 1 aliphatic heterocycles. The quantitative estimate of drug-likeness (QED) is 0.377. The molecule has 8 heteroatoms. The highest BCUT2D eigenvalue weighted by atomic mass is 16.5.